The van der Waals surface area contributed by atoms with Gasteiger partial charge in [0, 0.05) is 32.6 Å². The van der Waals surface area contributed by atoms with Crippen molar-refractivity contribution in [1.82, 2.24) is 9.97 Å². The smallest absolute Gasteiger partial charge is 0.137 e. The molecule has 0 aromatic carbocycles. The van der Waals surface area contributed by atoms with Crippen LogP contribution in [0.2, 0.25) is 0 Å². The van der Waals surface area contributed by atoms with Gasteiger partial charge >= 0.3 is 0 Å². The van der Waals surface area contributed by atoms with E-state index in [1.807, 2.05) is 7.05 Å². The molecular weight excluding hydrogens is 236 g/mol. The number of nitrogens with one attached hydrogen (secondary N) is 1. The van der Waals surface area contributed by atoms with Crippen LogP contribution in [0.5, 0.6) is 0 Å². The third-order valence-electron chi connectivity index (χ3n) is 3.52. The van der Waals surface area contributed by atoms with Gasteiger partial charge < -0.3 is 10.2 Å². The monoisotopic (exact) mass is 264 g/mol. The molecule has 0 fully saturated rings. The van der Waals surface area contributed by atoms with Crippen molar-refractivity contribution in [1.29, 1.82) is 0 Å². The van der Waals surface area contributed by atoms with Gasteiger partial charge in [-0.2, -0.15) is 0 Å². The molecule has 1 unspecified atom stereocenters. The van der Waals surface area contributed by atoms with Crippen LogP contribution < -0.4 is 10.2 Å². The lowest BCUT2D eigenvalue weighted by Gasteiger charge is -2.24. The normalized spacial score (nSPS) is 12.3. The largest absolute Gasteiger partial charge is 0.373 e. The van der Waals surface area contributed by atoms with E-state index in [1.165, 1.54) is 6.42 Å². The molecule has 108 valence electrons. The molecule has 0 aliphatic rings. The second-order valence-electron chi connectivity index (χ2n) is 5.33. The molecule has 0 aliphatic heterocycles. The van der Waals surface area contributed by atoms with Crippen molar-refractivity contribution in [3.63, 3.8) is 0 Å². The predicted molar refractivity (Wildman–Crippen MR) is 83.0 cm³/mol. The maximum absolute atomic E-state index is 4.73. The zero-order valence-corrected chi connectivity index (χ0v) is 13.2. The minimum absolute atomic E-state index is 0.673. The highest BCUT2D eigenvalue weighted by Gasteiger charge is 2.14. The zero-order chi connectivity index (χ0) is 14.4. The first-order chi connectivity index (χ1) is 9.03. The molecule has 4 heteroatoms. The highest BCUT2D eigenvalue weighted by molar-refractivity contribution is 5.58. The molecule has 1 aromatic rings. The number of anilines is 2. The van der Waals surface area contributed by atoms with Crippen LogP contribution in [0, 0.1) is 12.8 Å². The second-order valence-corrected chi connectivity index (χ2v) is 5.33. The molecule has 0 aliphatic carbocycles. The van der Waals surface area contributed by atoms with Crippen LogP contribution in [-0.2, 0) is 6.42 Å². The van der Waals surface area contributed by atoms with Crippen LogP contribution in [0.4, 0.5) is 11.6 Å². The van der Waals surface area contributed by atoms with E-state index >= 15 is 0 Å². The van der Waals surface area contributed by atoms with Crippen LogP contribution in [0.15, 0.2) is 0 Å². The number of nitrogens with zero attached hydrogens (tertiary/aromatic N) is 3. The fourth-order valence-corrected chi connectivity index (χ4v) is 2.18. The number of rotatable bonds is 7. The van der Waals surface area contributed by atoms with Crippen LogP contribution in [0.1, 0.15) is 45.0 Å². The summed E-state index contributed by atoms with van der Waals surface area (Å²) in [7, 11) is 4.04. The lowest BCUT2D eigenvalue weighted by Crippen LogP contribution is -2.26. The Morgan fingerprint density at radius 2 is 1.95 bits per heavy atom. The Hall–Kier alpha value is -1.32. The average molecular weight is 264 g/mol. The lowest BCUT2D eigenvalue weighted by atomic mass is 10.1. The van der Waals surface area contributed by atoms with Crippen molar-refractivity contribution in [3.05, 3.63) is 11.4 Å². The van der Waals surface area contributed by atoms with E-state index in [4.69, 9.17) is 4.98 Å². The van der Waals surface area contributed by atoms with Gasteiger partial charge in [0.2, 0.25) is 0 Å². The van der Waals surface area contributed by atoms with Gasteiger partial charge in [-0.25, -0.2) is 9.97 Å². The van der Waals surface area contributed by atoms with Crippen molar-refractivity contribution in [3.8, 4) is 0 Å². The first kappa shape index (κ1) is 15.7. The number of hydrogen-bond donors (Lipinski definition) is 1. The van der Waals surface area contributed by atoms with E-state index in [-0.39, 0.29) is 0 Å². The Kier molecular flexibility index (Phi) is 6.06. The van der Waals surface area contributed by atoms with Crippen molar-refractivity contribution < 1.29 is 0 Å². The maximum atomic E-state index is 4.73. The van der Waals surface area contributed by atoms with Gasteiger partial charge in [-0.1, -0.05) is 27.2 Å². The van der Waals surface area contributed by atoms with Crippen LogP contribution in [0.25, 0.3) is 0 Å². The van der Waals surface area contributed by atoms with Gasteiger partial charge in [0.15, 0.2) is 0 Å². The molecule has 1 atom stereocenters. The lowest BCUT2D eigenvalue weighted by molar-refractivity contribution is 0.556. The number of hydrogen-bond acceptors (Lipinski definition) is 4. The molecule has 1 N–H and O–H groups in total. The van der Waals surface area contributed by atoms with Crippen molar-refractivity contribution in [2.45, 2.75) is 47.0 Å². The highest BCUT2D eigenvalue weighted by Crippen LogP contribution is 2.23. The molecule has 0 spiro atoms. The summed E-state index contributed by atoms with van der Waals surface area (Å²) in [6, 6.07) is 0. The predicted octanol–water partition coefficient (Wildman–Crippen LogP) is 3.26. The fourth-order valence-electron chi connectivity index (χ4n) is 2.18. The van der Waals surface area contributed by atoms with E-state index in [0.29, 0.717) is 5.92 Å². The van der Waals surface area contributed by atoms with Crippen molar-refractivity contribution in [2.75, 3.05) is 30.9 Å². The SMILES string of the molecule is CCCc1nc(NC)c(C)c(N(C)CC(C)CC)n1. The third kappa shape index (κ3) is 4.08. The average Bonchev–Trinajstić information content (AvgIpc) is 2.40. The third-order valence-corrected chi connectivity index (χ3v) is 3.52. The van der Waals surface area contributed by atoms with Gasteiger partial charge in [-0.15, -0.1) is 0 Å². The Morgan fingerprint density at radius 3 is 2.47 bits per heavy atom. The summed E-state index contributed by atoms with van der Waals surface area (Å²) in [5.41, 5.74) is 1.13. The number of aromatic nitrogens is 2. The summed E-state index contributed by atoms with van der Waals surface area (Å²) >= 11 is 0. The van der Waals surface area contributed by atoms with Crippen LogP contribution in [-0.4, -0.2) is 30.6 Å². The Morgan fingerprint density at radius 1 is 1.26 bits per heavy atom. The summed E-state index contributed by atoms with van der Waals surface area (Å²) in [4.78, 5) is 11.6. The first-order valence-corrected chi connectivity index (χ1v) is 7.29. The topological polar surface area (TPSA) is 41.1 Å². The fraction of sp³-hybridized carbons (Fsp3) is 0.733. The Bertz CT molecular complexity index is 403. The van der Waals surface area contributed by atoms with Gasteiger partial charge in [-0.3, -0.25) is 0 Å². The molecule has 1 heterocycles. The molecule has 0 saturated carbocycles. The quantitative estimate of drug-likeness (QED) is 0.820. The molecular formula is C15H28N4. The maximum Gasteiger partial charge on any atom is 0.137 e. The minimum Gasteiger partial charge on any atom is -0.373 e. The molecule has 19 heavy (non-hydrogen) atoms. The summed E-state index contributed by atoms with van der Waals surface area (Å²) in [6.07, 6.45) is 3.19. The van der Waals surface area contributed by atoms with E-state index in [0.717, 1.165) is 42.4 Å². The van der Waals surface area contributed by atoms with Gasteiger partial charge in [-0.05, 0) is 19.3 Å². The van der Waals surface area contributed by atoms with E-state index in [2.05, 4.69) is 49.9 Å². The molecule has 0 bridgehead atoms. The summed E-state index contributed by atoms with van der Waals surface area (Å²) < 4.78 is 0. The van der Waals surface area contributed by atoms with Crippen LogP contribution in [0.3, 0.4) is 0 Å². The van der Waals surface area contributed by atoms with Crippen molar-refractivity contribution >= 4 is 11.6 Å². The van der Waals surface area contributed by atoms with E-state index in [9.17, 15) is 0 Å². The number of aryl methyl sites for hydroxylation is 1. The Labute approximate surface area is 117 Å². The first-order valence-electron chi connectivity index (χ1n) is 7.29. The minimum atomic E-state index is 0.673. The molecule has 0 saturated heterocycles. The molecule has 1 rings (SSSR count). The molecule has 1 aromatic heterocycles. The highest BCUT2D eigenvalue weighted by atomic mass is 15.2. The molecule has 4 nitrogen and oxygen atoms in total. The van der Waals surface area contributed by atoms with Gasteiger partial charge in [0.25, 0.3) is 0 Å². The Balaban J connectivity index is 3.06. The standard InChI is InChI=1S/C15H28N4/c1-7-9-13-17-14(16-5)12(4)15(18-13)19(6)10-11(3)8-2/h11H,7-10H2,1-6H3,(H,16,17,18). The van der Waals surface area contributed by atoms with E-state index < -0.39 is 0 Å². The van der Waals surface area contributed by atoms with E-state index in [1.54, 1.807) is 0 Å². The van der Waals surface area contributed by atoms with Crippen molar-refractivity contribution in [2.24, 2.45) is 5.92 Å². The molecule has 0 radical (unpaired) electrons. The van der Waals surface area contributed by atoms with Gasteiger partial charge in [0.05, 0.1) is 0 Å². The van der Waals surface area contributed by atoms with Crippen LogP contribution >= 0.6 is 0 Å². The van der Waals surface area contributed by atoms with Gasteiger partial charge in [0.1, 0.15) is 17.5 Å². The zero-order valence-electron chi connectivity index (χ0n) is 13.2. The summed E-state index contributed by atoms with van der Waals surface area (Å²) in [5, 5.41) is 3.18. The summed E-state index contributed by atoms with van der Waals surface area (Å²) in [5.74, 6) is 3.61. The summed E-state index contributed by atoms with van der Waals surface area (Å²) in [6.45, 7) is 9.78. The molecule has 0 amide bonds. The second kappa shape index (κ2) is 7.31.